The zero-order valence-corrected chi connectivity index (χ0v) is 18.8. The Morgan fingerprint density at radius 1 is 0.971 bits per heavy atom. The van der Waals surface area contributed by atoms with Gasteiger partial charge in [0.1, 0.15) is 47.3 Å². The molecule has 0 radical (unpaired) electrons. The van der Waals surface area contributed by atoms with E-state index in [1.807, 2.05) is 0 Å². The average molecular weight is 530 g/mol. The minimum Gasteiger partial charge on any atom is -0.364 e. The van der Waals surface area contributed by atoms with Gasteiger partial charge >= 0.3 is 17.7 Å². The van der Waals surface area contributed by atoms with Gasteiger partial charge in [-0.25, -0.2) is 35.9 Å². The lowest BCUT2D eigenvalue weighted by Gasteiger charge is -2.29. The van der Waals surface area contributed by atoms with Crippen molar-refractivity contribution in [1.29, 1.82) is 0 Å². The first-order chi connectivity index (χ1) is 16.4. The van der Waals surface area contributed by atoms with E-state index in [0.29, 0.717) is 17.0 Å². The van der Waals surface area contributed by atoms with E-state index in [9.17, 15) is 44.5 Å². The lowest BCUT2D eigenvalue weighted by atomic mass is 10.1. The lowest BCUT2D eigenvalue weighted by Crippen LogP contribution is -2.48. The third-order valence-corrected chi connectivity index (χ3v) is 5.68. The van der Waals surface area contributed by atoms with Crippen molar-refractivity contribution in [2.75, 3.05) is 32.6 Å². The van der Waals surface area contributed by atoms with E-state index < -0.39 is 81.5 Å². The van der Waals surface area contributed by atoms with Crippen LogP contribution >= 0.6 is 0 Å². The van der Waals surface area contributed by atoms with Gasteiger partial charge in [0.2, 0.25) is 0 Å². The second-order valence-corrected chi connectivity index (χ2v) is 8.17. The van der Waals surface area contributed by atoms with Crippen molar-refractivity contribution >= 4 is 28.4 Å². The van der Waals surface area contributed by atoms with Crippen LogP contribution < -0.4 is 4.90 Å². The fraction of sp³-hybridized carbons (Fsp3) is 0.300. The molecule has 2 rings (SSSR count). The molecular formula is C20H17F7N2O5S. The van der Waals surface area contributed by atoms with Crippen LogP contribution in [0.15, 0.2) is 41.3 Å². The Balaban J connectivity index is 2.49. The minimum atomic E-state index is -4.98. The fourth-order valence-corrected chi connectivity index (χ4v) is 3.61. The van der Waals surface area contributed by atoms with Crippen molar-refractivity contribution in [2.45, 2.75) is 16.6 Å². The smallest absolute Gasteiger partial charge is 0.364 e. The van der Waals surface area contributed by atoms with E-state index in [1.54, 1.807) is 0 Å². The van der Waals surface area contributed by atoms with Crippen LogP contribution in [0.3, 0.4) is 0 Å². The monoisotopic (exact) mass is 530 g/mol. The van der Waals surface area contributed by atoms with E-state index >= 15 is 0 Å². The number of methoxy groups -OCH3 is 2. The highest BCUT2D eigenvalue weighted by atomic mass is 32.2. The number of rotatable bonds is 9. The lowest BCUT2D eigenvalue weighted by molar-refractivity contribution is -0.0602. The van der Waals surface area contributed by atoms with Crippen LogP contribution in [0.4, 0.5) is 41.2 Å². The molecular weight excluding hydrogens is 513 g/mol. The van der Waals surface area contributed by atoms with Crippen LogP contribution in [0.2, 0.25) is 0 Å². The quantitative estimate of drug-likeness (QED) is 0.356. The number of imide groups is 1. The Morgan fingerprint density at radius 2 is 1.54 bits per heavy atom. The summed E-state index contributed by atoms with van der Waals surface area (Å²) >= 11 is 0. The number of benzene rings is 2. The molecule has 2 aromatic carbocycles. The standard InChI is InChI=1S/C20H17F7N2O5S/c1-33-9-28(15-7-6-11(8-14(15)23)35(32)20(26,27)18(24)25)19(31)29(10-34-2)17(30)16-12(21)4-3-5-13(16)22/h3-8,18H,9-10H2,1-2H3. The molecule has 192 valence electrons. The van der Waals surface area contributed by atoms with E-state index in [1.165, 1.54) is 0 Å². The van der Waals surface area contributed by atoms with Crippen molar-refractivity contribution in [3.63, 3.8) is 0 Å². The normalized spacial score (nSPS) is 12.5. The molecule has 0 saturated carbocycles. The number of nitrogens with zero attached hydrogens (tertiary/aromatic N) is 2. The van der Waals surface area contributed by atoms with Crippen LogP contribution in [0.25, 0.3) is 0 Å². The Kier molecular flexibility index (Phi) is 9.34. The van der Waals surface area contributed by atoms with E-state index in [4.69, 9.17) is 9.47 Å². The molecule has 0 aliphatic carbocycles. The van der Waals surface area contributed by atoms with Gasteiger partial charge < -0.3 is 9.47 Å². The Bertz CT molecular complexity index is 1100. The molecule has 0 saturated heterocycles. The van der Waals surface area contributed by atoms with Gasteiger partial charge in [0, 0.05) is 19.1 Å². The molecule has 0 aromatic heterocycles. The van der Waals surface area contributed by atoms with Gasteiger partial charge in [-0.3, -0.25) is 9.69 Å². The highest BCUT2D eigenvalue weighted by molar-refractivity contribution is 7.86. The van der Waals surface area contributed by atoms with Gasteiger partial charge in [-0.05, 0) is 30.3 Å². The molecule has 0 N–H and O–H groups in total. The summed E-state index contributed by atoms with van der Waals surface area (Å²) in [7, 11) is -1.54. The number of carbonyl (C=O) groups excluding carboxylic acids is 2. The summed E-state index contributed by atoms with van der Waals surface area (Å²) in [6, 6.07) is 2.56. The van der Waals surface area contributed by atoms with Crippen LogP contribution in [0.5, 0.6) is 0 Å². The second kappa shape index (κ2) is 11.6. The summed E-state index contributed by atoms with van der Waals surface area (Å²) in [6.07, 6.45) is -4.30. The third-order valence-electron chi connectivity index (χ3n) is 4.33. The summed E-state index contributed by atoms with van der Waals surface area (Å²) in [5, 5.41) is -4.98. The molecule has 0 aliphatic heterocycles. The van der Waals surface area contributed by atoms with Crippen molar-refractivity contribution in [3.05, 3.63) is 59.4 Å². The third kappa shape index (κ3) is 5.97. The summed E-state index contributed by atoms with van der Waals surface area (Å²) in [5.74, 6) is -5.59. The molecule has 7 nitrogen and oxygen atoms in total. The maximum absolute atomic E-state index is 14.8. The Hall–Kier alpha value is -3.04. The van der Waals surface area contributed by atoms with Crippen molar-refractivity contribution in [1.82, 2.24) is 4.90 Å². The van der Waals surface area contributed by atoms with Crippen LogP contribution in [0.1, 0.15) is 10.4 Å². The summed E-state index contributed by atoms with van der Waals surface area (Å²) in [5.41, 5.74) is -1.84. The molecule has 2 aromatic rings. The van der Waals surface area contributed by atoms with Crippen LogP contribution in [-0.2, 0) is 20.3 Å². The number of hydrogen-bond donors (Lipinski definition) is 0. The molecule has 15 heteroatoms. The van der Waals surface area contributed by atoms with E-state index in [0.717, 1.165) is 32.4 Å². The molecule has 0 bridgehead atoms. The number of carbonyl (C=O) groups is 2. The zero-order chi connectivity index (χ0) is 26.5. The van der Waals surface area contributed by atoms with Gasteiger partial charge in [0.05, 0.1) is 5.69 Å². The van der Waals surface area contributed by atoms with E-state index in [2.05, 4.69) is 0 Å². The topological polar surface area (TPSA) is 76.2 Å². The summed E-state index contributed by atoms with van der Waals surface area (Å²) in [4.78, 5) is 25.4. The molecule has 0 aliphatic rings. The highest BCUT2D eigenvalue weighted by Gasteiger charge is 2.48. The number of hydrogen-bond acceptors (Lipinski definition) is 5. The van der Waals surface area contributed by atoms with Gasteiger partial charge in [-0.2, -0.15) is 8.78 Å². The van der Waals surface area contributed by atoms with Crippen molar-refractivity contribution in [2.24, 2.45) is 0 Å². The van der Waals surface area contributed by atoms with Gasteiger partial charge in [-0.15, -0.1) is 0 Å². The molecule has 3 amide bonds. The second-order valence-electron chi connectivity index (χ2n) is 6.62. The first kappa shape index (κ1) is 28.2. The maximum Gasteiger partial charge on any atom is 0.384 e. The summed E-state index contributed by atoms with van der Waals surface area (Å²) in [6.45, 7) is -1.62. The predicted octanol–water partition coefficient (Wildman–Crippen LogP) is 4.35. The van der Waals surface area contributed by atoms with Gasteiger partial charge in [-0.1, -0.05) is 6.07 Å². The number of ether oxygens (including phenoxy) is 2. The van der Waals surface area contributed by atoms with Gasteiger partial charge in [0.15, 0.2) is 0 Å². The molecule has 0 heterocycles. The number of alkyl halides is 4. The number of halogens is 7. The summed E-state index contributed by atoms with van der Waals surface area (Å²) < 4.78 is 116. The fourth-order valence-electron chi connectivity index (χ4n) is 2.73. The first-order valence-corrected chi connectivity index (χ1v) is 10.5. The Labute approximate surface area is 196 Å². The predicted molar refractivity (Wildman–Crippen MR) is 108 cm³/mol. The maximum atomic E-state index is 14.8. The first-order valence-electron chi connectivity index (χ1n) is 9.31. The average Bonchev–Trinajstić information content (AvgIpc) is 2.80. The van der Waals surface area contributed by atoms with Crippen LogP contribution in [0, 0.1) is 17.5 Å². The molecule has 35 heavy (non-hydrogen) atoms. The molecule has 1 atom stereocenters. The van der Waals surface area contributed by atoms with Gasteiger partial charge in [0.25, 0.3) is 5.91 Å². The zero-order valence-electron chi connectivity index (χ0n) is 17.9. The van der Waals surface area contributed by atoms with Crippen molar-refractivity contribution < 1.29 is 54.0 Å². The molecule has 1 unspecified atom stereocenters. The minimum absolute atomic E-state index is 0.205. The van der Waals surface area contributed by atoms with Crippen LogP contribution in [-0.4, -0.2) is 60.4 Å². The number of urea groups is 1. The largest absolute Gasteiger partial charge is 0.384 e. The highest BCUT2D eigenvalue weighted by Crippen LogP contribution is 2.33. The SMILES string of the molecule is COCN(C(=O)c1c(F)cccc1F)C(=O)N(COC)c1ccc(S(=O)C(F)(F)C(F)F)cc1F. The molecule has 0 fully saturated rings. The molecule has 0 spiro atoms. The van der Waals surface area contributed by atoms with E-state index in [-0.39, 0.29) is 11.0 Å². The number of anilines is 1. The number of amides is 3. The Morgan fingerprint density at radius 3 is 2.03 bits per heavy atom. The van der Waals surface area contributed by atoms with Crippen molar-refractivity contribution in [3.8, 4) is 0 Å².